The van der Waals surface area contributed by atoms with Crippen LogP contribution >= 0.6 is 0 Å². The molecule has 0 aliphatic heterocycles. The summed E-state index contributed by atoms with van der Waals surface area (Å²) in [5, 5.41) is 24.3. The number of hydrogen-bond donors (Lipinski definition) is 2. The minimum atomic E-state index is -0.00675. The number of aromatic hydroxyl groups is 1. The van der Waals surface area contributed by atoms with Gasteiger partial charge in [0.05, 0.1) is 5.56 Å². The first-order valence-corrected chi connectivity index (χ1v) is 8.57. The number of aldehydes is 1. The van der Waals surface area contributed by atoms with Crippen LogP contribution in [-0.4, -0.2) is 23.1 Å². The molecule has 0 bridgehead atoms. The van der Waals surface area contributed by atoms with E-state index in [0.29, 0.717) is 18.3 Å². The topological polar surface area (TPSA) is 57.5 Å². The molecule has 0 fully saturated rings. The van der Waals surface area contributed by atoms with Crippen LogP contribution in [0.4, 0.5) is 0 Å². The molecule has 26 heavy (non-hydrogen) atoms. The first-order valence-electron chi connectivity index (χ1n) is 8.57. The summed E-state index contributed by atoms with van der Waals surface area (Å²) in [6, 6.07) is 21.2. The number of benzene rings is 4. The monoisotopic (exact) mass is 342 g/mol. The first kappa shape index (κ1) is 16.3. The van der Waals surface area contributed by atoms with E-state index in [0.717, 1.165) is 32.7 Å². The van der Waals surface area contributed by atoms with E-state index in [1.807, 2.05) is 54.6 Å². The number of hydrogen-bond acceptors (Lipinski definition) is 3. The van der Waals surface area contributed by atoms with E-state index < -0.39 is 0 Å². The zero-order chi connectivity index (χ0) is 18.1. The molecule has 0 unspecified atom stereocenters. The lowest BCUT2D eigenvalue weighted by Crippen LogP contribution is -1.97. The summed E-state index contributed by atoms with van der Waals surface area (Å²) in [6.45, 7) is 0.0687. The number of phenols is 1. The molecule has 0 radical (unpaired) electrons. The van der Waals surface area contributed by atoms with Crippen LogP contribution in [0.1, 0.15) is 15.9 Å². The quantitative estimate of drug-likeness (QED) is 0.417. The van der Waals surface area contributed by atoms with Crippen LogP contribution in [0.3, 0.4) is 0 Å². The van der Waals surface area contributed by atoms with E-state index in [9.17, 15) is 15.0 Å². The number of para-hydroxylation sites is 1. The maximum atomic E-state index is 11.3. The smallest absolute Gasteiger partial charge is 0.153 e. The molecule has 0 atom stereocenters. The summed E-state index contributed by atoms with van der Waals surface area (Å²) in [6.07, 6.45) is 1.23. The molecule has 128 valence electrons. The highest BCUT2D eigenvalue weighted by Gasteiger charge is 2.17. The second kappa shape index (κ2) is 6.62. The fraction of sp³-hybridized carbons (Fsp3) is 0.0870. The summed E-state index contributed by atoms with van der Waals surface area (Å²) >= 11 is 0. The maximum absolute atomic E-state index is 11.3. The summed E-state index contributed by atoms with van der Waals surface area (Å²) < 4.78 is 0. The summed E-state index contributed by atoms with van der Waals surface area (Å²) in [7, 11) is 0. The zero-order valence-corrected chi connectivity index (χ0v) is 14.1. The molecule has 0 aliphatic rings. The Kier molecular flexibility index (Phi) is 4.15. The standard InChI is InChI=1S/C23H18O3/c24-13-12-18-16-7-1-3-9-19(16)22(20-10-4-2-8-17(18)20)21-11-5-6-15(14-25)23(21)26/h1-11,14,24,26H,12-13H2. The van der Waals surface area contributed by atoms with Crippen molar-refractivity contribution < 1.29 is 15.0 Å². The second-order valence-electron chi connectivity index (χ2n) is 6.28. The van der Waals surface area contributed by atoms with Crippen molar-refractivity contribution in [2.45, 2.75) is 6.42 Å². The number of phenolic OH excluding ortho intramolecular Hbond substituents is 1. The molecule has 0 spiro atoms. The molecule has 4 aromatic rings. The van der Waals surface area contributed by atoms with Gasteiger partial charge in [-0.05, 0) is 39.6 Å². The Morgan fingerprint density at radius 1 is 0.769 bits per heavy atom. The third-order valence-corrected chi connectivity index (χ3v) is 4.87. The van der Waals surface area contributed by atoms with E-state index in [1.54, 1.807) is 12.1 Å². The van der Waals surface area contributed by atoms with Gasteiger partial charge in [0.25, 0.3) is 0 Å². The van der Waals surface area contributed by atoms with Crippen LogP contribution < -0.4 is 0 Å². The van der Waals surface area contributed by atoms with Crippen LogP contribution in [-0.2, 0) is 6.42 Å². The molecule has 3 heteroatoms. The molecule has 0 heterocycles. The lowest BCUT2D eigenvalue weighted by Gasteiger charge is -2.17. The van der Waals surface area contributed by atoms with Crippen molar-refractivity contribution in [1.29, 1.82) is 0 Å². The van der Waals surface area contributed by atoms with Gasteiger partial charge in [0.1, 0.15) is 5.75 Å². The molecular weight excluding hydrogens is 324 g/mol. The van der Waals surface area contributed by atoms with Gasteiger partial charge >= 0.3 is 0 Å². The van der Waals surface area contributed by atoms with E-state index in [2.05, 4.69) is 0 Å². The number of carbonyl (C=O) groups excluding carboxylic acids is 1. The summed E-state index contributed by atoms with van der Waals surface area (Å²) in [5.74, 6) is -0.00675. The van der Waals surface area contributed by atoms with Gasteiger partial charge in [-0.1, -0.05) is 60.7 Å². The Morgan fingerprint density at radius 3 is 1.88 bits per heavy atom. The van der Waals surface area contributed by atoms with Gasteiger partial charge < -0.3 is 10.2 Å². The predicted octanol–water partition coefficient (Wildman–Crippen LogP) is 4.71. The third-order valence-electron chi connectivity index (χ3n) is 4.87. The van der Waals surface area contributed by atoms with Crippen molar-refractivity contribution in [3.8, 4) is 16.9 Å². The molecule has 2 N–H and O–H groups in total. The van der Waals surface area contributed by atoms with E-state index in [-0.39, 0.29) is 17.9 Å². The lowest BCUT2D eigenvalue weighted by molar-refractivity contribution is 0.112. The number of aliphatic hydroxyl groups excluding tert-OH is 1. The number of aliphatic hydroxyl groups is 1. The molecule has 3 nitrogen and oxygen atoms in total. The Labute approximate surface area is 151 Å². The average molecular weight is 342 g/mol. The van der Waals surface area contributed by atoms with Gasteiger partial charge in [-0.2, -0.15) is 0 Å². The van der Waals surface area contributed by atoms with E-state index in [4.69, 9.17) is 0 Å². The highest BCUT2D eigenvalue weighted by molar-refractivity contribution is 6.16. The zero-order valence-electron chi connectivity index (χ0n) is 14.1. The van der Waals surface area contributed by atoms with Crippen molar-refractivity contribution >= 4 is 27.8 Å². The number of fused-ring (bicyclic) bond motifs is 2. The van der Waals surface area contributed by atoms with Crippen LogP contribution in [0.15, 0.2) is 66.7 Å². The van der Waals surface area contributed by atoms with E-state index in [1.165, 1.54) is 0 Å². The van der Waals surface area contributed by atoms with Gasteiger partial charge in [-0.25, -0.2) is 0 Å². The summed E-state index contributed by atoms with van der Waals surface area (Å²) in [5.41, 5.74) is 2.90. The average Bonchev–Trinajstić information content (AvgIpc) is 2.69. The molecular formula is C23H18O3. The largest absolute Gasteiger partial charge is 0.507 e. The summed E-state index contributed by atoms with van der Waals surface area (Å²) in [4.78, 5) is 11.3. The van der Waals surface area contributed by atoms with Gasteiger partial charge in [-0.3, -0.25) is 4.79 Å². The molecule has 0 amide bonds. The van der Waals surface area contributed by atoms with Crippen molar-refractivity contribution in [1.82, 2.24) is 0 Å². The van der Waals surface area contributed by atoms with Crippen molar-refractivity contribution in [3.05, 3.63) is 77.9 Å². The Morgan fingerprint density at radius 2 is 1.35 bits per heavy atom. The van der Waals surface area contributed by atoms with Gasteiger partial charge in [0, 0.05) is 17.7 Å². The first-order chi connectivity index (χ1) is 12.8. The Hall–Kier alpha value is -3.17. The highest BCUT2D eigenvalue weighted by atomic mass is 16.3. The van der Waals surface area contributed by atoms with Crippen LogP contribution in [0.2, 0.25) is 0 Å². The van der Waals surface area contributed by atoms with Crippen LogP contribution in [0.5, 0.6) is 5.75 Å². The SMILES string of the molecule is O=Cc1cccc(-c2c3ccccc3c(CCO)c3ccccc23)c1O. The maximum Gasteiger partial charge on any atom is 0.153 e. The number of rotatable bonds is 4. The minimum Gasteiger partial charge on any atom is -0.507 e. The fourth-order valence-corrected chi connectivity index (χ4v) is 3.75. The predicted molar refractivity (Wildman–Crippen MR) is 105 cm³/mol. The van der Waals surface area contributed by atoms with Crippen LogP contribution in [0.25, 0.3) is 32.7 Å². The Bertz CT molecular complexity index is 1070. The minimum absolute atomic E-state index is 0.00675. The van der Waals surface area contributed by atoms with Crippen molar-refractivity contribution in [2.24, 2.45) is 0 Å². The van der Waals surface area contributed by atoms with E-state index >= 15 is 0 Å². The molecule has 4 rings (SSSR count). The molecule has 0 aromatic heterocycles. The number of carbonyl (C=O) groups is 1. The molecule has 0 saturated heterocycles. The Balaban J connectivity index is 2.22. The highest BCUT2D eigenvalue weighted by Crippen LogP contribution is 2.43. The van der Waals surface area contributed by atoms with Crippen LogP contribution in [0, 0.1) is 0 Å². The lowest BCUT2D eigenvalue weighted by atomic mass is 9.87. The second-order valence-corrected chi connectivity index (χ2v) is 6.28. The van der Waals surface area contributed by atoms with Gasteiger partial charge in [0.15, 0.2) is 6.29 Å². The third kappa shape index (κ3) is 2.45. The van der Waals surface area contributed by atoms with Gasteiger partial charge in [0.2, 0.25) is 0 Å². The van der Waals surface area contributed by atoms with Gasteiger partial charge in [-0.15, -0.1) is 0 Å². The van der Waals surface area contributed by atoms with Crippen molar-refractivity contribution in [2.75, 3.05) is 6.61 Å². The fourth-order valence-electron chi connectivity index (χ4n) is 3.75. The molecule has 0 saturated carbocycles. The molecule has 4 aromatic carbocycles. The van der Waals surface area contributed by atoms with Crippen molar-refractivity contribution in [3.63, 3.8) is 0 Å². The molecule has 0 aliphatic carbocycles. The normalized spacial score (nSPS) is 11.1.